The van der Waals surface area contributed by atoms with Crippen LogP contribution in [0.25, 0.3) is 0 Å². The molecule has 1 aromatic carbocycles. The van der Waals surface area contributed by atoms with Crippen LogP contribution in [-0.4, -0.2) is 60.6 Å². The van der Waals surface area contributed by atoms with E-state index >= 15 is 0 Å². The van der Waals surface area contributed by atoms with E-state index in [1.807, 2.05) is 6.07 Å². The first kappa shape index (κ1) is 23.5. The minimum absolute atomic E-state index is 0.115. The molecule has 2 aromatic rings. The number of hydrogen-bond donors (Lipinski definition) is 1. The molecule has 1 heterocycles. The number of methoxy groups -OCH3 is 1. The molecule has 0 aliphatic heterocycles. The van der Waals surface area contributed by atoms with Crippen LogP contribution < -0.4 is 14.8 Å². The fraction of sp³-hybridized carbons (Fsp3) is 0.455. The van der Waals surface area contributed by atoms with E-state index in [9.17, 15) is 14.4 Å². The second-order valence-electron chi connectivity index (χ2n) is 7.21. The van der Waals surface area contributed by atoms with Crippen LogP contribution in [0.3, 0.4) is 0 Å². The summed E-state index contributed by atoms with van der Waals surface area (Å²) in [5, 5.41) is 3.03. The summed E-state index contributed by atoms with van der Waals surface area (Å²) in [5.74, 6) is 0.134. The van der Waals surface area contributed by atoms with Gasteiger partial charge >= 0.3 is 5.97 Å². The van der Waals surface area contributed by atoms with Crippen molar-refractivity contribution in [2.45, 2.75) is 39.2 Å². The summed E-state index contributed by atoms with van der Waals surface area (Å²) in [4.78, 5) is 43.3. The Kier molecular flexibility index (Phi) is 8.04. The highest BCUT2D eigenvalue weighted by Gasteiger charge is 2.33. The van der Waals surface area contributed by atoms with Crippen molar-refractivity contribution in [3.8, 4) is 11.5 Å². The van der Waals surface area contributed by atoms with Gasteiger partial charge in [-0.3, -0.25) is 9.59 Å². The van der Waals surface area contributed by atoms with Gasteiger partial charge in [0.15, 0.2) is 23.2 Å². The fourth-order valence-electron chi connectivity index (χ4n) is 3.10. The second-order valence-corrected chi connectivity index (χ2v) is 8.21. The highest BCUT2D eigenvalue weighted by atomic mass is 32.1. The van der Waals surface area contributed by atoms with Gasteiger partial charge < -0.3 is 24.4 Å². The van der Waals surface area contributed by atoms with Crippen LogP contribution in [0.2, 0.25) is 0 Å². The van der Waals surface area contributed by atoms with E-state index in [1.165, 1.54) is 0 Å². The molecule has 1 fully saturated rings. The lowest BCUT2D eigenvalue weighted by molar-refractivity contribution is -0.134. The normalized spacial score (nSPS) is 12.7. The van der Waals surface area contributed by atoms with E-state index < -0.39 is 5.97 Å². The van der Waals surface area contributed by atoms with Crippen molar-refractivity contribution < 1.29 is 28.6 Å². The van der Waals surface area contributed by atoms with E-state index in [1.54, 1.807) is 44.1 Å². The van der Waals surface area contributed by atoms with Gasteiger partial charge in [-0.1, -0.05) is 23.5 Å². The van der Waals surface area contributed by atoms with Crippen LogP contribution in [0.4, 0.5) is 5.13 Å². The van der Waals surface area contributed by atoms with Crippen molar-refractivity contribution in [1.82, 2.24) is 9.88 Å². The number of thiazole rings is 1. The third kappa shape index (κ3) is 6.19. The number of para-hydroxylation sites is 2. The Morgan fingerprint density at radius 3 is 2.59 bits per heavy atom. The van der Waals surface area contributed by atoms with Crippen LogP contribution >= 0.6 is 11.3 Å². The molecule has 1 N–H and O–H groups in total. The molecule has 1 aliphatic rings. The van der Waals surface area contributed by atoms with Gasteiger partial charge in [0, 0.05) is 19.0 Å². The molecule has 0 atom stereocenters. The summed E-state index contributed by atoms with van der Waals surface area (Å²) in [6.45, 7) is 3.83. The monoisotopic (exact) mass is 461 g/mol. The number of aromatic nitrogens is 1. The maximum atomic E-state index is 12.7. The summed E-state index contributed by atoms with van der Waals surface area (Å²) in [5.41, 5.74) is 0.507. The highest BCUT2D eigenvalue weighted by Crippen LogP contribution is 2.29. The topological polar surface area (TPSA) is 107 Å². The van der Waals surface area contributed by atoms with Gasteiger partial charge in [0.1, 0.15) is 4.88 Å². The number of nitrogens with one attached hydrogen (secondary N) is 1. The number of carbonyl (C=O) groups excluding carboxylic acids is 3. The lowest BCUT2D eigenvalue weighted by Crippen LogP contribution is -2.38. The zero-order valence-corrected chi connectivity index (χ0v) is 19.2. The van der Waals surface area contributed by atoms with Crippen LogP contribution in [0.1, 0.15) is 41.6 Å². The Labute approximate surface area is 190 Å². The van der Waals surface area contributed by atoms with Gasteiger partial charge in [-0.2, -0.15) is 0 Å². The Hall–Kier alpha value is -3.14. The molecule has 0 unspecified atom stereocenters. The molecule has 1 aliphatic carbocycles. The maximum absolute atomic E-state index is 12.7. The predicted octanol–water partition coefficient (Wildman–Crippen LogP) is 3.04. The highest BCUT2D eigenvalue weighted by molar-refractivity contribution is 7.17. The van der Waals surface area contributed by atoms with E-state index in [-0.39, 0.29) is 44.0 Å². The molecule has 0 bridgehead atoms. The number of amides is 2. The average molecular weight is 462 g/mol. The minimum atomic E-state index is -0.455. The van der Waals surface area contributed by atoms with Gasteiger partial charge in [0.2, 0.25) is 5.91 Å². The van der Waals surface area contributed by atoms with Crippen LogP contribution in [0.5, 0.6) is 11.5 Å². The first-order valence-corrected chi connectivity index (χ1v) is 11.2. The molecule has 10 heteroatoms. The molecule has 32 heavy (non-hydrogen) atoms. The van der Waals surface area contributed by atoms with Gasteiger partial charge in [-0.05, 0) is 38.8 Å². The van der Waals surface area contributed by atoms with Gasteiger partial charge in [0.05, 0.1) is 19.4 Å². The third-order valence-corrected chi connectivity index (χ3v) is 5.86. The molecular weight excluding hydrogens is 434 g/mol. The standard InChI is InChI=1S/C22H27N3O6S/c1-4-30-21(28)20-14(2)23-22(32-20)24-18(26)11-12-25(15-9-10-15)19(27)13-31-17-8-6-5-7-16(17)29-3/h5-8,15H,4,9-13H2,1-3H3,(H,23,24,26). The summed E-state index contributed by atoms with van der Waals surface area (Å²) >= 11 is 1.07. The summed E-state index contributed by atoms with van der Waals surface area (Å²) in [7, 11) is 1.54. The largest absolute Gasteiger partial charge is 0.493 e. The zero-order chi connectivity index (χ0) is 23.1. The Morgan fingerprint density at radius 2 is 1.94 bits per heavy atom. The molecule has 3 rings (SSSR count). The Bertz CT molecular complexity index is 972. The van der Waals surface area contributed by atoms with Gasteiger partial charge in [-0.15, -0.1) is 0 Å². The molecule has 2 amide bonds. The lowest BCUT2D eigenvalue weighted by atomic mass is 10.3. The fourth-order valence-corrected chi connectivity index (χ4v) is 3.97. The summed E-state index contributed by atoms with van der Waals surface area (Å²) in [6.07, 6.45) is 1.94. The first-order valence-electron chi connectivity index (χ1n) is 10.4. The SMILES string of the molecule is CCOC(=O)c1sc(NC(=O)CCN(C(=O)COc2ccccc2OC)C2CC2)nc1C. The van der Waals surface area contributed by atoms with Crippen LogP contribution in [0, 0.1) is 6.92 Å². The quantitative estimate of drug-likeness (QED) is 0.513. The van der Waals surface area contributed by atoms with E-state index in [0.29, 0.717) is 27.2 Å². The Morgan fingerprint density at radius 1 is 1.22 bits per heavy atom. The van der Waals surface area contributed by atoms with E-state index in [0.717, 1.165) is 24.2 Å². The average Bonchev–Trinajstić information content (AvgIpc) is 3.54. The number of anilines is 1. The van der Waals surface area contributed by atoms with Crippen LogP contribution in [-0.2, 0) is 14.3 Å². The molecule has 0 saturated heterocycles. The first-order chi connectivity index (χ1) is 15.4. The molecule has 1 aromatic heterocycles. The van der Waals surface area contributed by atoms with E-state index in [2.05, 4.69) is 10.3 Å². The number of benzene rings is 1. The van der Waals surface area contributed by atoms with Crippen molar-refractivity contribution >= 4 is 34.3 Å². The summed E-state index contributed by atoms with van der Waals surface area (Å²) < 4.78 is 15.9. The molecular formula is C22H27N3O6S. The number of aryl methyl sites for hydroxylation is 1. The molecule has 0 radical (unpaired) electrons. The zero-order valence-electron chi connectivity index (χ0n) is 18.4. The summed E-state index contributed by atoms with van der Waals surface area (Å²) in [6, 6.07) is 7.26. The van der Waals surface area contributed by atoms with Crippen molar-refractivity contribution in [3.63, 3.8) is 0 Å². The van der Waals surface area contributed by atoms with Crippen molar-refractivity contribution in [3.05, 3.63) is 34.8 Å². The number of ether oxygens (including phenoxy) is 3. The van der Waals surface area contributed by atoms with Crippen molar-refractivity contribution in [2.24, 2.45) is 0 Å². The molecule has 1 saturated carbocycles. The number of hydrogen-bond acceptors (Lipinski definition) is 8. The van der Waals surface area contributed by atoms with Crippen molar-refractivity contribution in [2.75, 3.05) is 32.2 Å². The van der Waals surface area contributed by atoms with Crippen LogP contribution in [0.15, 0.2) is 24.3 Å². The molecule has 172 valence electrons. The smallest absolute Gasteiger partial charge is 0.350 e. The third-order valence-electron chi connectivity index (χ3n) is 4.81. The Balaban J connectivity index is 1.52. The van der Waals surface area contributed by atoms with Gasteiger partial charge in [-0.25, -0.2) is 9.78 Å². The molecule has 0 spiro atoms. The lowest BCUT2D eigenvalue weighted by Gasteiger charge is -2.22. The number of carbonyl (C=O) groups is 3. The number of esters is 1. The van der Waals surface area contributed by atoms with Gasteiger partial charge in [0.25, 0.3) is 5.91 Å². The minimum Gasteiger partial charge on any atom is -0.493 e. The van der Waals surface area contributed by atoms with E-state index in [4.69, 9.17) is 14.2 Å². The number of rotatable bonds is 11. The predicted molar refractivity (Wildman–Crippen MR) is 119 cm³/mol. The van der Waals surface area contributed by atoms with Crippen molar-refractivity contribution in [1.29, 1.82) is 0 Å². The number of nitrogens with zero attached hydrogens (tertiary/aromatic N) is 2. The molecule has 9 nitrogen and oxygen atoms in total. The maximum Gasteiger partial charge on any atom is 0.350 e. The second kappa shape index (κ2) is 10.9.